The standard InChI is InChI=1S/C14H20N4O/c1-3-8-18-12-7-5-4-6-11(12)17-13(18)9-16-10(2)14(15)19/h4-7,10,16H,3,8-9H2,1-2H3,(H2,15,19). The third-order valence-electron chi connectivity index (χ3n) is 3.17. The highest BCUT2D eigenvalue weighted by atomic mass is 16.1. The van der Waals surface area contributed by atoms with Crippen molar-refractivity contribution in [3.63, 3.8) is 0 Å². The summed E-state index contributed by atoms with van der Waals surface area (Å²) in [4.78, 5) is 15.6. The summed E-state index contributed by atoms with van der Waals surface area (Å²) in [5.74, 6) is 0.592. The third kappa shape index (κ3) is 2.93. The van der Waals surface area contributed by atoms with Crippen molar-refractivity contribution in [2.24, 2.45) is 5.73 Å². The Hall–Kier alpha value is -1.88. The van der Waals surface area contributed by atoms with Crippen molar-refractivity contribution >= 4 is 16.9 Å². The summed E-state index contributed by atoms with van der Waals surface area (Å²) >= 11 is 0. The van der Waals surface area contributed by atoms with Gasteiger partial charge in [0.15, 0.2) is 0 Å². The molecular weight excluding hydrogens is 240 g/mol. The summed E-state index contributed by atoms with van der Waals surface area (Å²) in [6.45, 7) is 5.36. The Labute approximate surface area is 112 Å². The Morgan fingerprint density at radius 3 is 2.89 bits per heavy atom. The third-order valence-corrected chi connectivity index (χ3v) is 3.17. The average molecular weight is 260 g/mol. The van der Waals surface area contributed by atoms with E-state index in [9.17, 15) is 4.79 Å². The Morgan fingerprint density at radius 1 is 1.47 bits per heavy atom. The van der Waals surface area contributed by atoms with E-state index in [1.165, 1.54) is 0 Å². The molecule has 0 radical (unpaired) electrons. The first-order valence-corrected chi connectivity index (χ1v) is 6.60. The summed E-state index contributed by atoms with van der Waals surface area (Å²) < 4.78 is 2.19. The Morgan fingerprint density at radius 2 is 2.21 bits per heavy atom. The van der Waals surface area contributed by atoms with Crippen molar-refractivity contribution in [1.82, 2.24) is 14.9 Å². The molecule has 0 spiro atoms. The Balaban J connectivity index is 2.26. The van der Waals surface area contributed by atoms with E-state index in [2.05, 4.69) is 27.9 Å². The van der Waals surface area contributed by atoms with Crippen LogP contribution in [0, 0.1) is 0 Å². The van der Waals surface area contributed by atoms with Crippen LogP contribution in [0.5, 0.6) is 0 Å². The van der Waals surface area contributed by atoms with Crippen molar-refractivity contribution in [3.05, 3.63) is 30.1 Å². The van der Waals surface area contributed by atoms with Crippen LogP contribution in [0.2, 0.25) is 0 Å². The number of fused-ring (bicyclic) bond motifs is 1. The lowest BCUT2D eigenvalue weighted by Gasteiger charge is -2.11. The van der Waals surface area contributed by atoms with Gasteiger partial charge in [-0.15, -0.1) is 0 Å². The number of amides is 1. The minimum atomic E-state index is -0.352. The zero-order valence-corrected chi connectivity index (χ0v) is 11.4. The molecule has 2 rings (SSSR count). The van der Waals surface area contributed by atoms with Gasteiger partial charge in [0.2, 0.25) is 5.91 Å². The molecule has 19 heavy (non-hydrogen) atoms. The molecule has 1 unspecified atom stereocenters. The number of benzene rings is 1. The van der Waals surface area contributed by atoms with Gasteiger partial charge in [-0.3, -0.25) is 10.1 Å². The second-order valence-corrected chi connectivity index (χ2v) is 4.67. The minimum absolute atomic E-state index is 0.349. The molecule has 0 aliphatic rings. The van der Waals surface area contributed by atoms with Crippen LogP contribution >= 0.6 is 0 Å². The summed E-state index contributed by atoms with van der Waals surface area (Å²) in [5, 5.41) is 3.10. The number of imidazole rings is 1. The maximum atomic E-state index is 11.0. The van der Waals surface area contributed by atoms with E-state index in [0.717, 1.165) is 29.8 Å². The molecule has 5 heteroatoms. The largest absolute Gasteiger partial charge is 0.368 e. The normalized spacial score (nSPS) is 12.7. The molecule has 1 aromatic heterocycles. The summed E-state index contributed by atoms with van der Waals surface area (Å²) in [7, 11) is 0. The molecule has 0 saturated carbocycles. The molecule has 0 aliphatic carbocycles. The van der Waals surface area contributed by atoms with Gasteiger partial charge in [0.05, 0.1) is 23.6 Å². The highest BCUT2D eigenvalue weighted by Crippen LogP contribution is 2.16. The van der Waals surface area contributed by atoms with E-state index in [1.54, 1.807) is 6.92 Å². The van der Waals surface area contributed by atoms with Gasteiger partial charge in [-0.1, -0.05) is 19.1 Å². The molecule has 1 heterocycles. The number of rotatable bonds is 6. The van der Waals surface area contributed by atoms with E-state index in [-0.39, 0.29) is 11.9 Å². The maximum absolute atomic E-state index is 11.0. The summed E-state index contributed by atoms with van der Waals surface area (Å²) in [6, 6.07) is 7.71. The minimum Gasteiger partial charge on any atom is -0.368 e. The van der Waals surface area contributed by atoms with Crippen LogP contribution in [0.4, 0.5) is 0 Å². The fourth-order valence-electron chi connectivity index (χ4n) is 2.08. The molecule has 2 aromatic rings. The first kappa shape index (κ1) is 13.5. The Kier molecular flexibility index (Phi) is 4.16. The lowest BCUT2D eigenvalue weighted by atomic mass is 10.3. The van der Waals surface area contributed by atoms with Crippen LogP contribution in [-0.4, -0.2) is 21.5 Å². The molecule has 102 valence electrons. The number of primary amides is 1. The fraction of sp³-hybridized carbons (Fsp3) is 0.429. The molecule has 0 saturated heterocycles. The lowest BCUT2D eigenvalue weighted by molar-refractivity contribution is -0.119. The number of aryl methyl sites for hydroxylation is 1. The number of nitrogens with one attached hydrogen (secondary N) is 1. The van der Waals surface area contributed by atoms with Crippen molar-refractivity contribution in [2.75, 3.05) is 0 Å². The quantitative estimate of drug-likeness (QED) is 0.824. The van der Waals surface area contributed by atoms with Crippen molar-refractivity contribution in [2.45, 2.75) is 39.4 Å². The number of hydrogen-bond acceptors (Lipinski definition) is 3. The predicted octanol–water partition coefficient (Wildman–Crippen LogP) is 1.41. The zero-order valence-electron chi connectivity index (χ0n) is 11.4. The van der Waals surface area contributed by atoms with Gasteiger partial charge in [0.25, 0.3) is 0 Å². The van der Waals surface area contributed by atoms with Crippen LogP contribution in [0.3, 0.4) is 0 Å². The van der Waals surface area contributed by atoms with Gasteiger partial charge in [0.1, 0.15) is 5.82 Å². The van der Waals surface area contributed by atoms with Crippen LogP contribution in [0.1, 0.15) is 26.1 Å². The zero-order chi connectivity index (χ0) is 13.8. The maximum Gasteiger partial charge on any atom is 0.234 e. The predicted molar refractivity (Wildman–Crippen MR) is 75.5 cm³/mol. The summed E-state index contributed by atoms with van der Waals surface area (Å²) in [6.07, 6.45) is 1.04. The molecule has 0 aliphatic heterocycles. The van der Waals surface area contributed by atoms with E-state index < -0.39 is 0 Å². The number of aromatic nitrogens is 2. The fourth-order valence-corrected chi connectivity index (χ4v) is 2.08. The molecule has 0 fully saturated rings. The smallest absolute Gasteiger partial charge is 0.234 e. The molecule has 5 nitrogen and oxygen atoms in total. The second kappa shape index (κ2) is 5.84. The van der Waals surface area contributed by atoms with Gasteiger partial charge in [-0.25, -0.2) is 4.98 Å². The molecule has 1 atom stereocenters. The first-order valence-electron chi connectivity index (χ1n) is 6.60. The number of carbonyl (C=O) groups is 1. The topological polar surface area (TPSA) is 72.9 Å². The van der Waals surface area contributed by atoms with Gasteiger partial charge in [-0.2, -0.15) is 0 Å². The van der Waals surface area contributed by atoms with Crippen LogP contribution in [0.15, 0.2) is 24.3 Å². The molecule has 0 bridgehead atoms. The number of nitrogens with two attached hydrogens (primary N) is 1. The first-order chi connectivity index (χ1) is 9.13. The van der Waals surface area contributed by atoms with Crippen LogP contribution in [0.25, 0.3) is 11.0 Å². The van der Waals surface area contributed by atoms with Crippen LogP contribution in [-0.2, 0) is 17.9 Å². The molecular formula is C14H20N4O. The van der Waals surface area contributed by atoms with E-state index in [1.807, 2.05) is 18.2 Å². The van der Waals surface area contributed by atoms with Gasteiger partial charge < -0.3 is 10.3 Å². The lowest BCUT2D eigenvalue weighted by Crippen LogP contribution is -2.38. The number of hydrogen-bond donors (Lipinski definition) is 2. The van der Waals surface area contributed by atoms with Crippen molar-refractivity contribution < 1.29 is 4.79 Å². The number of nitrogens with zero attached hydrogens (tertiary/aromatic N) is 2. The highest BCUT2D eigenvalue weighted by Gasteiger charge is 2.12. The summed E-state index contributed by atoms with van der Waals surface area (Å²) in [5.41, 5.74) is 7.36. The van der Waals surface area contributed by atoms with E-state index in [0.29, 0.717) is 6.54 Å². The molecule has 3 N–H and O–H groups in total. The SMILES string of the molecule is CCCn1c(CNC(C)C(N)=O)nc2ccccc21. The average Bonchev–Trinajstić information content (AvgIpc) is 2.75. The van der Waals surface area contributed by atoms with Crippen LogP contribution < -0.4 is 11.1 Å². The van der Waals surface area contributed by atoms with Crippen molar-refractivity contribution in [3.8, 4) is 0 Å². The highest BCUT2D eigenvalue weighted by molar-refractivity contribution is 5.79. The second-order valence-electron chi connectivity index (χ2n) is 4.67. The number of para-hydroxylation sites is 2. The van der Waals surface area contributed by atoms with E-state index >= 15 is 0 Å². The Bertz CT molecular complexity index is 576. The monoisotopic (exact) mass is 260 g/mol. The molecule has 1 aromatic carbocycles. The van der Waals surface area contributed by atoms with Gasteiger partial charge in [0, 0.05) is 6.54 Å². The van der Waals surface area contributed by atoms with Crippen molar-refractivity contribution in [1.29, 1.82) is 0 Å². The number of carbonyl (C=O) groups excluding carboxylic acids is 1. The molecule has 1 amide bonds. The van der Waals surface area contributed by atoms with Gasteiger partial charge >= 0.3 is 0 Å². The van der Waals surface area contributed by atoms with Gasteiger partial charge in [-0.05, 0) is 25.5 Å². The van der Waals surface area contributed by atoms with E-state index in [4.69, 9.17) is 5.73 Å².